The van der Waals surface area contributed by atoms with Gasteiger partial charge in [0, 0.05) is 48.7 Å². The summed E-state index contributed by atoms with van der Waals surface area (Å²) in [7, 11) is 1.70. The summed E-state index contributed by atoms with van der Waals surface area (Å²) in [6.07, 6.45) is 5.33. The number of carbonyl (C=O) groups excluding carboxylic acids is 1. The maximum absolute atomic E-state index is 13.9. The lowest BCUT2D eigenvalue weighted by molar-refractivity contribution is -0.134. The molecule has 2 fully saturated rings. The lowest BCUT2D eigenvalue weighted by Gasteiger charge is -2.21. The van der Waals surface area contributed by atoms with E-state index in [1.54, 1.807) is 19.2 Å². The summed E-state index contributed by atoms with van der Waals surface area (Å²) < 4.78 is 14.7. The molecule has 2 aliphatic rings. The molecule has 3 rings (SSSR count). The number of hydrogen-bond donors (Lipinski definition) is 2. The SMILES string of the molecule is CN=C(NCc1cc(Br)ccc1F)NC1CCN(C(=O)C2CCCC2)C1.I. The Morgan fingerprint density at radius 2 is 2.07 bits per heavy atom. The number of hydrogen-bond acceptors (Lipinski definition) is 2. The fourth-order valence-corrected chi connectivity index (χ4v) is 4.16. The standard InChI is InChI=1S/C19H26BrFN4O.HI/c1-22-19(23-11-14-10-15(20)6-7-17(14)21)24-16-8-9-25(12-16)18(26)13-4-2-3-5-13;/h6-7,10,13,16H,2-5,8-9,11-12H2,1H3,(H2,22,23,24);1H. The van der Waals surface area contributed by atoms with Crippen molar-refractivity contribution in [1.29, 1.82) is 0 Å². The summed E-state index contributed by atoms with van der Waals surface area (Å²) in [5, 5.41) is 6.51. The zero-order valence-electron chi connectivity index (χ0n) is 15.5. The average Bonchev–Trinajstić information content (AvgIpc) is 3.32. The summed E-state index contributed by atoms with van der Waals surface area (Å²) in [5.41, 5.74) is 0.576. The van der Waals surface area contributed by atoms with Gasteiger partial charge >= 0.3 is 0 Å². The molecule has 27 heavy (non-hydrogen) atoms. The van der Waals surface area contributed by atoms with Gasteiger partial charge in [0.25, 0.3) is 0 Å². The van der Waals surface area contributed by atoms with Gasteiger partial charge in [-0.2, -0.15) is 0 Å². The summed E-state index contributed by atoms with van der Waals surface area (Å²) in [6.45, 7) is 1.86. The number of amides is 1. The molecule has 1 atom stereocenters. The average molecular weight is 553 g/mol. The van der Waals surface area contributed by atoms with Gasteiger partial charge < -0.3 is 15.5 Å². The Hall–Kier alpha value is -0.900. The maximum atomic E-state index is 13.9. The molecule has 0 spiro atoms. The van der Waals surface area contributed by atoms with Crippen LogP contribution in [0.1, 0.15) is 37.7 Å². The van der Waals surface area contributed by atoms with Crippen molar-refractivity contribution in [3.63, 3.8) is 0 Å². The lowest BCUT2D eigenvalue weighted by atomic mass is 10.1. The second kappa shape index (κ2) is 10.6. The third kappa shape index (κ3) is 6.04. The van der Waals surface area contributed by atoms with Crippen LogP contribution >= 0.6 is 39.9 Å². The van der Waals surface area contributed by atoms with E-state index in [0.29, 0.717) is 30.5 Å². The molecule has 1 aliphatic carbocycles. The minimum Gasteiger partial charge on any atom is -0.352 e. The quantitative estimate of drug-likeness (QED) is 0.340. The molecule has 0 bridgehead atoms. The van der Waals surface area contributed by atoms with Crippen molar-refractivity contribution < 1.29 is 9.18 Å². The third-order valence-corrected chi connectivity index (χ3v) is 5.72. The number of halogens is 3. The predicted octanol–water partition coefficient (Wildman–Crippen LogP) is 3.66. The first kappa shape index (κ1) is 22.4. The van der Waals surface area contributed by atoms with Crippen LogP contribution in [0.5, 0.6) is 0 Å². The van der Waals surface area contributed by atoms with Crippen LogP contribution in [0, 0.1) is 11.7 Å². The van der Waals surface area contributed by atoms with Crippen LogP contribution in [0.3, 0.4) is 0 Å². The largest absolute Gasteiger partial charge is 0.352 e. The Balaban J connectivity index is 0.00000261. The smallest absolute Gasteiger partial charge is 0.225 e. The van der Waals surface area contributed by atoms with E-state index in [4.69, 9.17) is 0 Å². The van der Waals surface area contributed by atoms with E-state index in [2.05, 4.69) is 31.6 Å². The highest BCUT2D eigenvalue weighted by Crippen LogP contribution is 2.27. The normalized spacial score (nSPS) is 20.5. The molecule has 5 nitrogen and oxygen atoms in total. The zero-order valence-corrected chi connectivity index (χ0v) is 19.4. The van der Waals surface area contributed by atoms with Crippen LogP contribution < -0.4 is 10.6 Å². The molecule has 1 aromatic carbocycles. The molecule has 1 saturated heterocycles. The first-order valence-corrected chi connectivity index (χ1v) is 10.1. The number of nitrogens with zero attached hydrogens (tertiary/aromatic N) is 2. The van der Waals surface area contributed by atoms with Crippen LogP contribution in [0.2, 0.25) is 0 Å². The molecule has 1 amide bonds. The topological polar surface area (TPSA) is 56.7 Å². The van der Waals surface area contributed by atoms with Gasteiger partial charge in [0.05, 0.1) is 0 Å². The predicted molar refractivity (Wildman–Crippen MR) is 120 cm³/mol. The van der Waals surface area contributed by atoms with Crippen molar-refractivity contribution in [2.45, 2.75) is 44.7 Å². The summed E-state index contributed by atoms with van der Waals surface area (Å²) >= 11 is 3.36. The second-order valence-corrected chi connectivity index (χ2v) is 7.97. The summed E-state index contributed by atoms with van der Waals surface area (Å²) in [5.74, 6) is 0.923. The Kier molecular flexibility index (Phi) is 8.78. The van der Waals surface area contributed by atoms with E-state index in [1.165, 1.54) is 18.9 Å². The molecule has 1 aliphatic heterocycles. The van der Waals surface area contributed by atoms with E-state index in [0.717, 1.165) is 30.3 Å². The molecular formula is C19H27BrFIN4O. The molecule has 2 N–H and O–H groups in total. The maximum Gasteiger partial charge on any atom is 0.225 e. The van der Waals surface area contributed by atoms with Crippen molar-refractivity contribution in [2.24, 2.45) is 10.9 Å². The highest BCUT2D eigenvalue weighted by molar-refractivity contribution is 14.0. The number of guanidine groups is 1. The van der Waals surface area contributed by atoms with Gasteiger partial charge in [-0.3, -0.25) is 9.79 Å². The van der Waals surface area contributed by atoms with E-state index < -0.39 is 0 Å². The van der Waals surface area contributed by atoms with E-state index in [-0.39, 0.29) is 41.8 Å². The molecule has 1 aromatic rings. The van der Waals surface area contributed by atoms with Crippen molar-refractivity contribution in [1.82, 2.24) is 15.5 Å². The molecule has 150 valence electrons. The number of nitrogens with one attached hydrogen (secondary N) is 2. The second-order valence-electron chi connectivity index (χ2n) is 7.06. The molecule has 1 heterocycles. The van der Waals surface area contributed by atoms with Gasteiger partial charge in [-0.05, 0) is 37.5 Å². The van der Waals surface area contributed by atoms with E-state index >= 15 is 0 Å². The van der Waals surface area contributed by atoms with Crippen LogP contribution in [-0.4, -0.2) is 42.9 Å². The van der Waals surface area contributed by atoms with E-state index in [1.807, 2.05) is 4.90 Å². The minimum absolute atomic E-state index is 0. The van der Waals surface area contributed by atoms with Crippen molar-refractivity contribution in [3.05, 3.63) is 34.1 Å². The van der Waals surface area contributed by atoms with Gasteiger partial charge in [-0.15, -0.1) is 24.0 Å². The van der Waals surface area contributed by atoms with E-state index in [9.17, 15) is 9.18 Å². The monoisotopic (exact) mass is 552 g/mol. The van der Waals surface area contributed by atoms with Gasteiger partial charge in [0.2, 0.25) is 5.91 Å². The summed E-state index contributed by atoms with van der Waals surface area (Å²) in [6, 6.07) is 5.06. The Morgan fingerprint density at radius 1 is 1.33 bits per heavy atom. The Morgan fingerprint density at radius 3 is 2.78 bits per heavy atom. The fraction of sp³-hybridized carbons (Fsp3) is 0.579. The van der Waals surface area contributed by atoms with Crippen molar-refractivity contribution in [3.8, 4) is 0 Å². The first-order valence-electron chi connectivity index (χ1n) is 9.26. The highest BCUT2D eigenvalue weighted by atomic mass is 127. The van der Waals surface area contributed by atoms with Crippen LogP contribution in [0.25, 0.3) is 0 Å². The molecule has 8 heteroatoms. The molecule has 1 unspecified atom stereocenters. The third-order valence-electron chi connectivity index (χ3n) is 5.22. The lowest BCUT2D eigenvalue weighted by Crippen LogP contribution is -2.45. The molecular weight excluding hydrogens is 526 g/mol. The van der Waals surface area contributed by atoms with Crippen LogP contribution in [-0.2, 0) is 11.3 Å². The molecule has 0 radical (unpaired) electrons. The van der Waals surface area contributed by atoms with Gasteiger partial charge in [0.15, 0.2) is 5.96 Å². The zero-order chi connectivity index (χ0) is 18.5. The number of rotatable bonds is 4. The molecule has 1 saturated carbocycles. The fourth-order valence-electron chi connectivity index (χ4n) is 3.75. The minimum atomic E-state index is -0.245. The van der Waals surface area contributed by atoms with Crippen LogP contribution in [0.4, 0.5) is 4.39 Å². The highest BCUT2D eigenvalue weighted by Gasteiger charge is 2.32. The Labute approximate surface area is 185 Å². The van der Waals surface area contributed by atoms with Gasteiger partial charge in [-0.1, -0.05) is 28.8 Å². The van der Waals surface area contributed by atoms with Gasteiger partial charge in [-0.25, -0.2) is 4.39 Å². The first-order chi connectivity index (χ1) is 12.6. The number of likely N-dealkylation sites (tertiary alicyclic amines) is 1. The Bertz CT molecular complexity index is 682. The van der Waals surface area contributed by atoms with Crippen molar-refractivity contribution in [2.75, 3.05) is 20.1 Å². The number of carbonyl (C=O) groups is 1. The molecule has 0 aromatic heterocycles. The van der Waals surface area contributed by atoms with Gasteiger partial charge in [0.1, 0.15) is 5.82 Å². The van der Waals surface area contributed by atoms with Crippen LogP contribution in [0.15, 0.2) is 27.7 Å². The van der Waals surface area contributed by atoms with Crippen molar-refractivity contribution >= 4 is 51.8 Å². The number of aliphatic imine (C=N–C) groups is 1. The summed E-state index contributed by atoms with van der Waals surface area (Å²) in [4.78, 5) is 18.7. The number of benzene rings is 1.